The van der Waals surface area contributed by atoms with Gasteiger partial charge in [0.05, 0.1) is 11.0 Å². The van der Waals surface area contributed by atoms with Crippen molar-refractivity contribution in [3.63, 3.8) is 0 Å². The van der Waals surface area contributed by atoms with Gasteiger partial charge in [0.1, 0.15) is 10.8 Å². The summed E-state index contributed by atoms with van der Waals surface area (Å²) in [5, 5.41) is 17.6. The van der Waals surface area contributed by atoms with Crippen LogP contribution in [0.1, 0.15) is 17.0 Å². The van der Waals surface area contributed by atoms with Crippen molar-refractivity contribution >= 4 is 38.9 Å². The highest BCUT2D eigenvalue weighted by atomic mass is 32.1. The lowest BCUT2D eigenvalue weighted by Crippen LogP contribution is -2.33. The number of aryl methyl sites for hydroxylation is 1. The van der Waals surface area contributed by atoms with Crippen LogP contribution in [0.2, 0.25) is 0 Å². The molecule has 0 atom stereocenters. The molecule has 4 rings (SSSR count). The summed E-state index contributed by atoms with van der Waals surface area (Å²) in [5.41, 5.74) is 4.11. The molecular formula is C20H26N8S. The Morgan fingerprint density at radius 1 is 1.21 bits per heavy atom. The summed E-state index contributed by atoms with van der Waals surface area (Å²) in [6, 6.07) is 6.01. The highest BCUT2D eigenvalue weighted by Crippen LogP contribution is 2.26. The maximum Gasteiger partial charge on any atom is 0.211 e. The topological polar surface area (TPSA) is 73.3 Å². The van der Waals surface area contributed by atoms with Gasteiger partial charge in [0.25, 0.3) is 0 Å². The van der Waals surface area contributed by atoms with Crippen molar-refractivity contribution in [1.82, 2.24) is 35.1 Å². The fourth-order valence-electron chi connectivity index (χ4n) is 3.32. The van der Waals surface area contributed by atoms with E-state index in [1.54, 1.807) is 0 Å². The number of pyridine rings is 2. The first kappa shape index (κ1) is 19.7. The van der Waals surface area contributed by atoms with Crippen molar-refractivity contribution in [3.05, 3.63) is 41.2 Å². The van der Waals surface area contributed by atoms with Gasteiger partial charge in [0.2, 0.25) is 5.13 Å². The molecule has 3 aromatic heterocycles. The molecule has 0 spiro atoms. The molecule has 8 nitrogen and oxygen atoms in total. The normalized spacial score (nSPS) is 14.8. The Morgan fingerprint density at radius 3 is 2.83 bits per heavy atom. The van der Waals surface area contributed by atoms with E-state index in [1.165, 1.54) is 16.9 Å². The van der Waals surface area contributed by atoms with E-state index in [2.05, 4.69) is 68.8 Å². The van der Waals surface area contributed by atoms with Gasteiger partial charge in [-0.25, -0.2) is 9.99 Å². The summed E-state index contributed by atoms with van der Waals surface area (Å²) < 4.78 is 0. The van der Waals surface area contributed by atoms with Crippen molar-refractivity contribution in [1.29, 1.82) is 0 Å². The molecule has 0 aromatic carbocycles. The van der Waals surface area contributed by atoms with Crippen LogP contribution in [0.25, 0.3) is 16.6 Å². The maximum atomic E-state index is 4.72. The van der Waals surface area contributed by atoms with E-state index >= 15 is 0 Å². The number of fused-ring (bicyclic) bond motifs is 1. The fourth-order valence-corrected chi connectivity index (χ4v) is 3.91. The minimum atomic E-state index is 0.743. The zero-order chi connectivity index (χ0) is 20.4. The quantitative estimate of drug-likeness (QED) is 0.637. The second-order valence-corrected chi connectivity index (χ2v) is 8.68. The van der Waals surface area contributed by atoms with E-state index in [0.29, 0.717) is 0 Å². The molecule has 0 saturated carbocycles. The largest absolute Gasteiger partial charge is 0.315 e. The molecule has 29 heavy (non-hydrogen) atoms. The second-order valence-electron chi connectivity index (χ2n) is 7.50. The lowest BCUT2D eigenvalue weighted by molar-refractivity contribution is 0.0809. The molecule has 9 heteroatoms. The van der Waals surface area contributed by atoms with Crippen molar-refractivity contribution in [2.24, 2.45) is 0 Å². The molecule has 1 N–H and O–H groups in total. The molecule has 1 aliphatic heterocycles. The number of nitrogens with one attached hydrogen (secondary N) is 1. The Balaban J connectivity index is 1.53. The third kappa shape index (κ3) is 4.69. The Bertz CT molecular complexity index is 1030. The molecule has 0 amide bonds. The van der Waals surface area contributed by atoms with E-state index in [0.717, 1.165) is 58.6 Å². The number of nitrogens with zero attached hydrogens (tertiary/aromatic N) is 7. The highest BCUT2D eigenvalue weighted by molar-refractivity contribution is 7.15. The standard InChI is InChI=1S/C20H26N8S/c1-14-24-25-20(29-14)23-19-7-6-17-18(22-19)10-15(11-21-17)16-12-27(4)28(13-16)9-5-8-26(2)3/h6-7,10-11,13H,5,8-9,12H2,1-4H3,(H,22,23,25). The highest BCUT2D eigenvalue weighted by Gasteiger charge is 2.19. The molecule has 0 bridgehead atoms. The molecule has 0 radical (unpaired) electrons. The number of hydrogen-bond donors (Lipinski definition) is 1. The number of rotatable bonds is 7. The van der Waals surface area contributed by atoms with E-state index in [4.69, 9.17) is 4.98 Å². The lowest BCUT2D eigenvalue weighted by atomic mass is 10.1. The Hall–Kier alpha value is -2.62. The Kier molecular flexibility index (Phi) is 5.70. The zero-order valence-electron chi connectivity index (χ0n) is 17.3. The summed E-state index contributed by atoms with van der Waals surface area (Å²) in [6.07, 6.45) is 5.29. The molecule has 4 heterocycles. The van der Waals surface area contributed by atoms with Crippen LogP contribution < -0.4 is 5.32 Å². The summed E-state index contributed by atoms with van der Waals surface area (Å²) in [4.78, 5) is 11.6. The maximum absolute atomic E-state index is 4.72. The van der Waals surface area contributed by atoms with Gasteiger partial charge in [0.15, 0.2) is 0 Å². The number of hydrogen-bond acceptors (Lipinski definition) is 9. The first-order valence-corrected chi connectivity index (χ1v) is 10.5. The molecule has 1 aliphatic rings. The van der Waals surface area contributed by atoms with E-state index in [-0.39, 0.29) is 0 Å². The predicted octanol–water partition coefficient (Wildman–Crippen LogP) is 2.99. The van der Waals surface area contributed by atoms with Crippen molar-refractivity contribution in [2.45, 2.75) is 13.3 Å². The molecule has 152 valence electrons. The summed E-state index contributed by atoms with van der Waals surface area (Å²) in [7, 11) is 6.34. The van der Waals surface area contributed by atoms with Gasteiger partial charge >= 0.3 is 0 Å². The molecule has 0 fully saturated rings. The number of likely N-dealkylation sites (N-methyl/N-ethyl adjacent to an activating group) is 1. The van der Waals surface area contributed by atoms with E-state index in [1.807, 2.05) is 25.3 Å². The number of anilines is 2. The Labute approximate surface area is 174 Å². The van der Waals surface area contributed by atoms with Crippen LogP contribution in [-0.2, 0) is 0 Å². The molecule has 0 saturated heterocycles. The predicted molar refractivity (Wildman–Crippen MR) is 118 cm³/mol. The first-order valence-electron chi connectivity index (χ1n) is 9.65. The van der Waals surface area contributed by atoms with Crippen LogP contribution in [0.5, 0.6) is 0 Å². The van der Waals surface area contributed by atoms with Gasteiger partial charge < -0.3 is 15.2 Å². The summed E-state index contributed by atoms with van der Waals surface area (Å²) in [6.45, 7) is 4.89. The van der Waals surface area contributed by atoms with Crippen molar-refractivity contribution in [2.75, 3.05) is 46.1 Å². The van der Waals surface area contributed by atoms with Gasteiger partial charge in [-0.15, -0.1) is 10.2 Å². The van der Waals surface area contributed by atoms with Crippen LogP contribution in [-0.4, -0.2) is 75.9 Å². The number of aromatic nitrogens is 4. The average molecular weight is 411 g/mol. The second kappa shape index (κ2) is 8.40. The number of hydrazine groups is 1. The minimum Gasteiger partial charge on any atom is -0.315 e. The van der Waals surface area contributed by atoms with Crippen molar-refractivity contribution in [3.8, 4) is 0 Å². The Morgan fingerprint density at radius 2 is 2.07 bits per heavy atom. The first-order chi connectivity index (χ1) is 14.0. The van der Waals surface area contributed by atoms with Gasteiger partial charge in [-0.3, -0.25) is 4.98 Å². The minimum absolute atomic E-state index is 0.743. The molecule has 3 aromatic rings. The third-order valence-electron chi connectivity index (χ3n) is 4.80. The van der Waals surface area contributed by atoms with Crippen LogP contribution >= 0.6 is 11.3 Å². The van der Waals surface area contributed by atoms with Crippen LogP contribution in [0, 0.1) is 6.92 Å². The lowest BCUT2D eigenvalue weighted by Gasteiger charge is -2.25. The molecular weight excluding hydrogens is 384 g/mol. The van der Waals surface area contributed by atoms with Gasteiger partial charge in [-0.1, -0.05) is 11.3 Å². The monoisotopic (exact) mass is 410 g/mol. The summed E-state index contributed by atoms with van der Waals surface area (Å²) >= 11 is 1.51. The summed E-state index contributed by atoms with van der Waals surface area (Å²) in [5.74, 6) is 0.746. The zero-order valence-corrected chi connectivity index (χ0v) is 18.1. The van der Waals surface area contributed by atoms with Gasteiger partial charge in [-0.2, -0.15) is 0 Å². The van der Waals surface area contributed by atoms with Crippen LogP contribution in [0.4, 0.5) is 10.9 Å². The SMILES string of the molecule is Cc1nnc(Nc2ccc3ncc(C4=CN(CCCN(C)C)N(C)C4)cc3n2)s1. The average Bonchev–Trinajstić information content (AvgIpc) is 3.26. The van der Waals surface area contributed by atoms with Crippen molar-refractivity contribution < 1.29 is 0 Å². The van der Waals surface area contributed by atoms with Crippen LogP contribution in [0.15, 0.2) is 30.6 Å². The molecule has 0 unspecified atom stereocenters. The fraction of sp³-hybridized carbons (Fsp3) is 0.400. The van der Waals surface area contributed by atoms with Crippen LogP contribution in [0.3, 0.4) is 0 Å². The van der Waals surface area contributed by atoms with Gasteiger partial charge in [0, 0.05) is 38.1 Å². The smallest absolute Gasteiger partial charge is 0.211 e. The third-order valence-corrected chi connectivity index (χ3v) is 5.56. The molecule has 0 aliphatic carbocycles. The van der Waals surface area contributed by atoms with E-state index in [9.17, 15) is 0 Å². The van der Waals surface area contributed by atoms with E-state index < -0.39 is 0 Å². The van der Waals surface area contributed by atoms with Gasteiger partial charge in [-0.05, 0) is 57.8 Å².